The molecule has 0 amide bonds. The number of aryl methyl sites for hydroxylation is 1. The summed E-state index contributed by atoms with van der Waals surface area (Å²) in [6.07, 6.45) is 0.735. The van der Waals surface area contributed by atoms with E-state index in [1.54, 1.807) is 6.07 Å². The maximum absolute atomic E-state index is 11.4. The molecule has 0 aliphatic carbocycles. The maximum atomic E-state index is 11.4. The first-order valence-corrected chi connectivity index (χ1v) is 8.03. The van der Waals surface area contributed by atoms with E-state index in [2.05, 4.69) is 22.0 Å². The first-order chi connectivity index (χ1) is 11.5. The van der Waals surface area contributed by atoms with Crippen LogP contribution in [0.2, 0.25) is 0 Å². The van der Waals surface area contributed by atoms with E-state index in [-0.39, 0.29) is 11.7 Å². The highest BCUT2D eigenvalue weighted by molar-refractivity contribution is 5.96. The minimum absolute atomic E-state index is 0.0216. The van der Waals surface area contributed by atoms with Crippen LogP contribution < -0.4 is 0 Å². The van der Waals surface area contributed by atoms with E-state index in [0.29, 0.717) is 12.3 Å². The number of rotatable bonds is 7. The number of nitrogens with zero attached hydrogens (tertiary/aromatic N) is 3. The molecule has 0 aliphatic rings. The number of pyridine rings is 2. The Morgan fingerprint density at radius 3 is 2.54 bits per heavy atom. The lowest BCUT2D eigenvalue weighted by atomic mass is 10.1. The molecule has 126 valence electrons. The zero-order valence-corrected chi connectivity index (χ0v) is 14.6. The van der Waals surface area contributed by atoms with Gasteiger partial charge in [0.25, 0.3) is 0 Å². The Morgan fingerprint density at radius 1 is 1.12 bits per heavy atom. The molecular formula is C19H23N3O2. The van der Waals surface area contributed by atoms with Gasteiger partial charge in [0.15, 0.2) is 5.78 Å². The van der Waals surface area contributed by atoms with Gasteiger partial charge in [-0.1, -0.05) is 24.2 Å². The summed E-state index contributed by atoms with van der Waals surface area (Å²) in [5.41, 5.74) is 3.91. The predicted octanol–water partition coefficient (Wildman–Crippen LogP) is 3.61. The van der Waals surface area contributed by atoms with Gasteiger partial charge in [0.2, 0.25) is 0 Å². The smallest absolute Gasteiger partial charge is 0.178 e. The van der Waals surface area contributed by atoms with Crippen molar-refractivity contribution >= 4 is 11.5 Å². The molecule has 5 nitrogen and oxygen atoms in total. The largest absolute Gasteiger partial charge is 0.395 e. The molecular weight excluding hydrogens is 302 g/mol. The number of hydrogen-bond donors (Lipinski definition) is 0. The monoisotopic (exact) mass is 325 g/mol. The molecule has 0 aromatic carbocycles. The molecule has 1 atom stereocenters. The lowest BCUT2D eigenvalue weighted by Gasteiger charge is -2.10. The van der Waals surface area contributed by atoms with E-state index in [1.807, 2.05) is 44.2 Å². The lowest BCUT2D eigenvalue weighted by molar-refractivity contribution is 0.101. The van der Waals surface area contributed by atoms with E-state index in [4.69, 9.17) is 4.84 Å². The van der Waals surface area contributed by atoms with Crippen molar-refractivity contribution in [2.45, 2.75) is 34.1 Å². The molecule has 2 aromatic rings. The van der Waals surface area contributed by atoms with Crippen LogP contribution in [0, 0.1) is 12.8 Å². The van der Waals surface area contributed by atoms with Crippen LogP contribution in [-0.4, -0.2) is 28.1 Å². The molecule has 0 fully saturated rings. The number of hydrogen-bond acceptors (Lipinski definition) is 5. The van der Waals surface area contributed by atoms with Crippen molar-refractivity contribution in [1.29, 1.82) is 0 Å². The second-order valence-corrected chi connectivity index (χ2v) is 6.02. The first-order valence-electron chi connectivity index (χ1n) is 8.03. The molecule has 0 bridgehead atoms. The number of oxime groups is 1. The highest BCUT2D eigenvalue weighted by Gasteiger charge is 2.08. The van der Waals surface area contributed by atoms with Crippen LogP contribution in [0.5, 0.6) is 0 Å². The van der Waals surface area contributed by atoms with Crippen LogP contribution >= 0.6 is 0 Å². The van der Waals surface area contributed by atoms with Crippen molar-refractivity contribution in [2.24, 2.45) is 11.1 Å². The second-order valence-electron chi connectivity index (χ2n) is 6.02. The first kappa shape index (κ1) is 17.8. The Kier molecular flexibility index (Phi) is 6.18. The summed E-state index contributed by atoms with van der Waals surface area (Å²) in [5.74, 6) is 0.216. The molecule has 5 heteroatoms. The van der Waals surface area contributed by atoms with Gasteiger partial charge < -0.3 is 4.84 Å². The summed E-state index contributed by atoms with van der Waals surface area (Å²) in [5, 5.41) is 4.14. The number of ketones is 1. The van der Waals surface area contributed by atoms with Crippen molar-refractivity contribution < 1.29 is 9.63 Å². The molecule has 0 saturated heterocycles. The Hall–Kier alpha value is -2.56. The maximum Gasteiger partial charge on any atom is 0.178 e. The number of aromatic nitrogens is 2. The standard InChI is InChI=1S/C19H23N3O2/c1-13(11-17-8-6-10-19(21-17)16(4)23)12-24-22-15(3)18-9-5-7-14(2)20-18/h5-10,13H,11-12H2,1-4H3/b22-15-. The molecule has 0 aliphatic heterocycles. The summed E-state index contributed by atoms with van der Waals surface area (Å²) in [7, 11) is 0. The zero-order valence-electron chi connectivity index (χ0n) is 14.6. The molecule has 0 spiro atoms. The lowest BCUT2D eigenvalue weighted by Crippen LogP contribution is -2.10. The normalized spacial score (nSPS) is 12.8. The van der Waals surface area contributed by atoms with Gasteiger partial charge in [-0.3, -0.25) is 9.78 Å². The minimum Gasteiger partial charge on any atom is -0.395 e. The third kappa shape index (κ3) is 5.26. The summed E-state index contributed by atoms with van der Waals surface area (Å²) < 4.78 is 0. The zero-order chi connectivity index (χ0) is 17.5. The van der Waals surface area contributed by atoms with Crippen molar-refractivity contribution in [3.63, 3.8) is 0 Å². The quantitative estimate of drug-likeness (QED) is 0.443. The Bertz CT molecular complexity index is 741. The summed E-state index contributed by atoms with van der Waals surface area (Å²) in [4.78, 5) is 25.6. The Morgan fingerprint density at radius 2 is 1.83 bits per heavy atom. The number of Topliss-reactive ketones (excluding diaryl/α,β-unsaturated/α-hetero) is 1. The van der Waals surface area contributed by atoms with Crippen LogP contribution in [0.15, 0.2) is 41.6 Å². The number of carbonyl (C=O) groups excluding carboxylic acids is 1. The van der Waals surface area contributed by atoms with Crippen molar-refractivity contribution in [3.05, 3.63) is 59.2 Å². The van der Waals surface area contributed by atoms with Crippen LogP contribution in [0.4, 0.5) is 0 Å². The molecule has 2 aromatic heterocycles. The van der Waals surface area contributed by atoms with Gasteiger partial charge in [-0.05, 0) is 50.5 Å². The van der Waals surface area contributed by atoms with Crippen molar-refractivity contribution in [2.75, 3.05) is 6.61 Å². The summed E-state index contributed by atoms with van der Waals surface area (Å²) in [6, 6.07) is 11.3. The van der Waals surface area contributed by atoms with E-state index < -0.39 is 0 Å². The topological polar surface area (TPSA) is 64.4 Å². The average molecular weight is 325 g/mol. The molecule has 0 saturated carbocycles. The fourth-order valence-corrected chi connectivity index (χ4v) is 2.26. The van der Waals surface area contributed by atoms with E-state index >= 15 is 0 Å². The number of carbonyl (C=O) groups is 1. The minimum atomic E-state index is -0.0216. The van der Waals surface area contributed by atoms with Crippen LogP contribution in [0.25, 0.3) is 0 Å². The van der Waals surface area contributed by atoms with Gasteiger partial charge in [-0.15, -0.1) is 0 Å². The molecule has 24 heavy (non-hydrogen) atoms. The van der Waals surface area contributed by atoms with Gasteiger partial charge in [-0.2, -0.15) is 0 Å². The van der Waals surface area contributed by atoms with Crippen molar-refractivity contribution in [3.8, 4) is 0 Å². The molecule has 0 radical (unpaired) electrons. The van der Waals surface area contributed by atoms with Crippen molar-refractivity contribution in [1.82, 2.24) is 9.97 Å². The molecule has 2 heterocycles. The highest BCUT2D eigenvalue weighted by Crippen LogP contribution is 2.09. The predicted molar refractivity (Wildman–Crippen MR) is 94.2 cm³/mol. The molecule has 0 N–H and O–H groups in total. The van der Waals surface area contributed by atoms with E-state index in [0.717, 1.165) is 29.2 Å². The Labute approximate surface area is 142 Å². The van der Waals surface area contributed by atoms with Gasteiger partial charge in [0, 0.05) is 18.3 Å². The van der Waals surface area contributed by atoms with E-state index in [9.17, 15) is 4.79 Å². The van der Waals surface area contributed by atoms with Crippen LogP contribution in [0.3, 0.4) is 0 Å². The summed E-state index contributed by atoms with van der Waals surface area (Å²) >= 11 is 0. The summed E-state index contributed by atoms with van der Waals surface area (Å²) in [6.45, 7) is 7.90. The van der Waals surface area contributed by atoms with Crippen LogP contribution in [-0.2, 0) is 11.3 Å². The van der Waals surface area contributed by atoms with Gasteiger partial charge in [-0.25, -0.2) is 4.98 Å². The Balaban J connectivity index is 1.89. The third-order valence-electron chi connectivity index (χ3n) is 3.54. The fourth-order valence-electron chi connectivity index (χ4n) is 2.26. The fraction of sp³-hybridized carbons (Fsp3) is 0.368. The SMILES string of the molecule is CC(=O)c1cccc(CC(C)CO/N=C(/C)c2cccc(C)n2)n1. The average Bonchev–Trinajstić information content (AvgIpc) is 2.55. The van der Waals surface area contributed by atoms with Crippen LogP contribution in [0.1, 0.15) is 48.3 Å². The molecule has 2 rings (SSSR count). The molecule has 1 unspecified atom stereocenters. The second kappa shape index (κ2) is 8.34. The van der Waals surface area contributed by atoms with E-state index in [1.165, 1.54) is 6.92 Å². The van der Waals surface area contributed by atoms with Gasteiger partial charge in [0.1, 0.15) is 18.0 Å². The van der Waals surface area contributed by atoms with Gasteiger partial charge in [0.05, 0.1) is 5.69 Å². The van der Waals surface area contributed by atoms with Gasteiger partial charge >= 0.3 is 0 Å². The highest BCUT2D eigenvalue weighted by atomic mass is 16.6. The third-order valence-corrected chi connectivity index (χ3v) is 3.54.